The first-order valence-electron chi connectivity index (χ1n) is 4.63. The van der Waals surface area contributed by atoms with Crippen LogP contribution in [0.5, 0.6) is 5.75 Å². The van der Waals surface area contributed by atoms with E-state index in [9.17, 15) is 4.79 Å². The number of benzene rings is 1. The molecular formula is C10H11ClN2O2. The van der Waals surface area contributed by atoms with E-state index in [4.69, 9.17) is 22.1 Å². The fourth-order valence-corrected chi connectivity index (χ4v) is 1.52. The number of carbonyl (C=O) groups excluding carboxylic acids is 1. The predicted molar refractivity (Wildman–Crippen MR) is 57.0 cm³/mol. The van der Waals surface area contributed by atoms with E-state index in [0.717, 1.165) is 0 Å². The Bertz CT molecular complexity index is 377. The molecule has 1 aromatic carbocycles. The van der Waals surface area contributed by atoms with Gasteiger partial charge in [0.2, 0.25) is 0 Å². The summed E-state index contributed by atoms with van der Waals surface area (Å²) < 4.78 is 5.10. The first kappa shape index (κ1) is 10.3. The van der Waals surface area contributed by atoms with E-state index in [2.05, 4.69) is 0 Å². The molecule has 0 spiro atoms. The molecule has 1 aliphatic heterocycles. The molecule has 1 heterocycles. The monoisotopic (exact) mass is 226 g/mol. The molecule has 5 heteroatoms. The lowest BCUT2D eigenvalue weighted by molar-refractivity contribution is 0.113. The van der Waals surface area contributed by atoms with Crippen molar-refractivity contribution in [1.29, 1.82) is 0 Å². The number of para-hydroxylation sites is 1. The van der Waals surface area contributed by atoms with Crippen LogP contribution in [0.4, 0.5) is 4.79 Å². The van der Waals surface area contributed by atoms with Gasteiger partial charge in [-0.1, -0.05) is 23.7 Å². The minimum atomic E-state index is -0.398. The van der Waals surface area contributed by atoms with Crippen LogP contribution in [0.3, 0.4) is 0 Å². The number of likely N-dealkylation sites (tertiary alicyclic amines) is 1. The normalized spacial score (nSPS) is 16.0. The summed E-state index contributed by atoms with van der Waals surface area (Å²) in [6.07, 6.45) is -0.398. The molecule has 4 nitrogen and oxygen atoms in total. The molecule has 80 valence electrons. The molecule has 1 aromatic rings. The molecule has 1 fully saturated rings. The van der Waals surface area contributed by atoms with Gasteiger partial charge in [-0.3, -0.25) is 0 Å². The van der Waals surface area contributed by atoms with Gasteiger partial charge in [-0.05, 0) is 12.1 Å². The Balaban J connectivity index is 1.97. The van der Waals surface area contributed by atoms with E-state index in [1.54, 1.807) is 24.3 Å². The average molecular weight is 227 g/mol. The van der Waals surface area contributed by atoms with Gasteiger partial charge >= 0.3 is 6.09 Å². The molecule has 0 aliphatic carbocycles. The highest BCUT2D eigenvalue weighted by Gasteiger charge is 2.29. The average Bonchev–Trinajstić information content (AvgIpc) is 2.17. The second-order valence-corrected chi connectivity index (χ2v) is 3.87. The largest absolute Gasteiger partial charge is 0.415 e. The van der Waals surface area contributed by atoms with Crippen molar-refractivity contribution >= 4 is 17.7 Å². The first-order chi connectivity index (χ1) is 7.16. The molecule has 0 saturated carbocycles. The van der Waals surface area contributed by atoms with Crippen molar-refractivity contribution in [2.24, 2.45) is 5.73 Å². The van der Waals surface area contributed by atoms with Crippen LogP contribution in [0.1, 0.15) is 0 Å². The predicted octanol–water partition coefficient (Wildman–Crippen LogP) is 1.48. The van der Waals surface area contributed by atoms with Gasteiger partial charge < -0.3 is 15.4 Å². The molecule has 0 bridgehead atoms. The SMILES string of the molecule is NC1CN(C(=O)Oc2ccccc2Cl)C1. The molecule has 0 aromatic heterocycles. The Morgan fingerprint density at radius 1 is 1.47 bits per heavy atom. The lowest BCUT2D eigenvalue weighted by atomic mass is 10.1. The Labute approximate surface area is 92.6 Å². The molecule has 0 radical (unpaired) electrons. The molecule has 2 rings (SSSR count). The van der Waals surface area contributed by atoms with E-state index >= 15 is 0 Å². The number of rotatable bonds is 1. The maximum Gasteiger partial charge on any atom is 0.415 e. The number of amides is 1. The summed E-state index contributed by atoms with van der Waals surface area (Å²) in [4.78, 5) is 13.0. The summed E-state index contributed by atoms with van der Waals surface area (Å²) >= 11 is 5.84. The topological polar surface area (TPSA) is 55.6 Å². The van der Waals surface area contributed by atoms with Crippen molar-refractivity contribution in [1.82, 2.24) is 4.90 Å². The summed E-state index contributed by atoms with van der Waals surface area (Å²) in [5.74, 6) is 0.379. The summed E-state index contributed by atoms with van der Waals surface area (Å²) in [6.45, 7) is 1.09. The van der Waals surface area contributed by atoms with E-state index in [1.807, 2.05) is 0 Å². The van der Waals surface area contributed by atoms with Crippen molar-refractivity contribution in [2.75, 3.05) is 13.1 Å². The molecule has 1 aliphatic rings. The van der Waals surface area contributed by atoms with Crippen molar-refractivity contribution in [3.05, 3.63) is 29.3 Å². The van der Waals surface area contributed by atoms with Crippen LogP contribution >= 0.6 is 11.6 Å². The van der Waals surface area contributed by atoms with E-state index in [-0.39, 0.29) is 6.04 Å². The maximum absolute atomic E-state index is 11.5. The van der Waals surface area contributed by atoms with E-state index in [0.29, 0.717) is 23.9 Å². The van der Waals surface area contributed by atoms with Crippen molar-refractivity contribution in [2.45, 2.75) is 6.04 Å². The first-order valence-corrected chi connectivity index (χ1v) is 5.01. The second kappa shape index (κ2) is 4.08. The highest BCUT2D eigenvalue weighted by Crippen LogP contribution is 2.24. The van der Waals surface area contributed by atoms with E-state index in [1.165, 1.54) is 4.90 Å². The fourth-order valence-electron chi connectivity index (χ4n) is 1.35. The molecular weight excluding hydrogens is 216 g/mol. The summed E-state index contributed by atoms with van der Waals surface area (Å²) in [7, 11) is 0. The minimum absolute atomic E-state index is 0.0730. The highest BCUT2D eigenvalue weighted by atomic mass is 35.5. The van der Waals surface area contributed by atoms with Crippen molar-refractivity contribution in [3.8, 4) is 5.75 Å². The third kappa shape index (κ3) is 2.22. The highest BCUT2D eigenvalue weighted by molar-refractivity contribution is 6.32. The van der Waals surface area contributed by atoms with Gasteiger partial charge in [-0.25, -0.2) is 4.79 Å². The van der Waals surface area contributed by atoms with Crippen molar-refractivity contribution in [3.63, 3.8) is 0 Å². The standard InChI is InChI=1S/C10H11ClN2O2/c11-8-3-1-2-4-9(8)15-10(14)13-5-7(12)6-13/h1-4,7H,5-6,12H2. The Morgan fingerprint density at radius 3 is 2.73 bits per heavy atom. The Hall–Kier alpha value is -1.26. The third-order valence-electron chi connectivity index (χ3n) is 2.20. The molecule has 0 atom stereocenters. The Morgan fingerprint density at radius 2 is 2.13 bits per heavy atom. The molecule has 2 N–H and O–H groups in total. The lowest BCUT2D eigenvalue weighted by Gasteiger charge is -2.35. The summed E-state index contributed by atoms with van der Waals surface area (Å²) in [5, 5.41) is 0.427. The number of nitrogens with zero attached hydrogens (tertiary/aromatic N) is 1. The van der Waals surface area contributed by atoms with Crippen LogP contribution in [0, 0.1) is 0 Å². The van der Waals surface area contributed by atoms with Gasteiger partial charge in [0.15, 0.2) is 5.75 Å². The van der Waals surface area contributed by atoms with Crippen LogP contribution in [0.15, 0.2) is 24.3 Å². The third-order valence-corrected chi connectivity index (χ3v) is 2.51. The van der Waals surface area contributed by atoms with Crippen LogP contribution in [0.2, 0.25) is 5.02 Å². The van der Waals surface area contributed by atoms with Crippen LogP contribution in [-0.2, 0) is 0 Å². The summed E-state index contributed by atoms with van der Waals surface area (Å²) in [6, 6.07) is 6.94. The van der Waals surface area contributed by atoms with Gasteiger partial charge in [0.05, 0.1) is 5.02 Å². The quantitative estimate of drug-likeness (QED) is 0.789. The van der Waals surface area contributed by atoms with Gasteiger partial charge in [-0.15, -0.1) is 0 Å². The zero-order valence-electron chi connectivity index (χ0n) is 8.02. The zero-order chi connectivity index (χ0) is 10.8. The van der Waals surface area contributed by atoms with Crippen LogP contribution in [-0.4, -0.2) is 30.1 Å². The van der Waals surface area contributed by atoms with Gasteiger partial charge in [0, 0.05) is 19.1 Å². The maximum atomic E-state index is 11.5. The molecule has 1 amide bonds. The number of nitrogens with two attached hydrogens (primary N) is 1. The fraction of sp³-hybridized carbons (Fsp3) is 0.300. The van der Waals surface area contributed by atoms with Crippen LogP contribution in [0.25, 0.3) is 0 Å². The molecule has 1 saturated heterocycles. The summed E-state index contributed by atoms with van der Waals surface area (Å²) in [5.41, 5.74) is 5.55. The molecule has 0 unspecified atom stereocenters. The van der Waals surface area contributed by atoms with Crippen LogP contribution < -0.4 is 10.5 Å². The number of halogens is 1. The smallest absolute Gasteiger partial charge is 0.409 e. The van der Waals surface area contributed by atoms with Gasteiger partial charge in [0.1, 0.15) is 0 Å². The van der Waals surface area contributed by atoms with Crippen molar-refractivity contribution < 1.29 is 9.53 Å². The minimum Gasteiger partial charge on any atom is -0.409 e. The zero-order valence-corrected chi connectivity index (χ0v) is 8.78. The number of hydrogen-bond donors (Lipinski definition) is 1. The van der Waals surface area contributed by atoms with Gasteiger partial charge in [-0.2, -0.15) is 0 Å². The lowest BCUT2D eigenvalue weighted by Crippen LogP contribution is -2.58. The Kier molecular flexibility index (Phi) is 2.79. The number of hydrogen-bond acceptors (Lipinski definition) is 3. The second-order valence-electron chi connectivity index (χ2n) is 3.46. The van der Waals surface area contributed by atoms with Gasteiger partial charge in [0.25, 0.3) is 0 Å². The number of ether oxygens (including phenoxy) is 1. The molecule has 15 heavy (non-hydrogen) atoms. The van der Waals surface area contributed by atoms with E-state index < -0.39 is 6.09 Å². The number of carbonyl (C=O) groups is 1.